The molecule has 0 aromatic carbocycles. The first-order chi connectivity index (χ1) is 9.85. The molecule has 3 aliphatic carbocycles. The van der Waals surface area contributed by atoms with Gasteiger partial charge in [0.1, 0.15) is 0 Å². The van der Waals surface area contributed by atoms with E-state index in [-0.39, 0.29) is 0 Å². The zero-order valence-corrected chi connectivity index (χ0v) is 13.3. The highest BCUT2D eigenvalue weighted by molar-refractivity contribution is 5.08. The summed E-state index contributed by atoms with van der Waals surface area (Å²) in [6.07, 6.45) is 16.2. The average molecular weight is 279 g/mol. The predicted molar refractivity (Wildman–Crippen MR) is 83.9 cm³/mol. The third-order valence-electron chi connectivity index (χ3n) is 6.36. The molecular formula is C18H33NO. The van der Waals surface area contributed by atoms with Crippen molar-refractivity contribution in [3.8, 4) is 0 Å². The van der Waals surface area contributed by atoms with Crippen LogP contribution in [0.1, 0.15) is 77.6 Å². The molecule has 2 atom stereocenters. The molecule has 1 N–H and O–H groups in total. The fourth-order valence-corrected chi connectivity index (χ4v) is 5.11. The summed E-state index contributed by atoms with van der Waals surface area (Å²) in [7, 11) is 0. The van der Waals surface area contributed by atoms with Gasteiger partial charge in [0, 0.05) is 18.1 Å². The Morgan fingerprint density at radius 2 is 1.80 bits per heavy atom. The summed E-state index contributed by atoms with van der Waals surface area (Å²) in [5.74, 6) is 1.02. The van der Waals surface area contributed by atoms with Gasteiger partial charge in [-0.1, -0.05) is 44.9 Å². The van der Waals surface area contributed by atoms with Crippen LogP contribution in [0.5, 0.6) is 0 Å². The van der Waals surface area contributed by atoms with E-state index >= 15 is 0 Å². The van der Waals surface area contributed by atoms with Gasteiger partial charge in [0.25, 0.3) is 0 Å². The molecule has 2 nitrogen and oxygen atoms in total. The SMILES string of the molecule is CCOC1CC(NCCC2CCCC2)C12CCCCC2. The molecule has 0 bridgehead atoms. The van der Waals surface area contributed by atoms with Gasteiger partial charge in [0.2, 0.25) is 0 Å². The van der Waals surface area contributed by atoms with Gasteiger partial charge in [0.15, 0.2) is 0 Å². The van der Waals surface area contributed by atoms with Gasteiger partial charge in [-0.15, -0.1) is 0 Å². The molecular weight excluding hydrogens is 246 g/mol. The molecule has 0 heterocycles. The van der Waals surface area contributed by atoms with Crippen molar-refractivity contribution in [2.24, 2.45) is 11.3 Å². The van der Waals surface area contributed by atoms with Crippen LogP contribution in [0.3, 0.4) is 0 Å². The Labute approximate surface area is 125 Å². The van der Waals surface area contributed by atoms with E-state index in [2.05, 4.69) is 12.2 Å². The smallest absolute Gasteiger partial charge is 0.0661 e. The lowest BCUT2D eigenvalue weighted by Crippen LogP contribution is -2.64. The Balaban J connectivity index is 1.48. The quantitative estimate of drug-likeness (QED) is 0.783. The summed E-state index contributed by atoms with van der Waals surface area (Å²) >= 11 is 0. The molecule has 0 saturated heterocycles. The maximum atomic E-state index is 6.04. The normalized spacial score (nSPS) is 33.5. The molecule has 2 unspecified atom stereocenters. The van der Waals surface area contributed by atoms with Crippen LogP contribution in [0.15, 0.2) is 0 Å². The van der Waals surface area contributed by atoms with Crippen molar-refractivity contribution in [3.63, 3.8) is 0 Å². The molecule has 0 amide bonds. The lowest BCUT2D eigenvalue weighted by Gasteiger charge is -2.58. The highest BCUT2D eigenvalue weighted by Gasteiger charge is 2.55. The number of hydrogen-bond acceptors (Lipinski definition) is 2. The minimum Gasteiger partial charge on any atom is -0.378 e. The zero-order chi connectivity index (χ0) is 13.8. The highest BCUT2D eigenvalue weighted by Crippen LogP contribution is 2.53. The molecule has 3 saturated carbocycles. The maximum absolute atomic E-state index is 6.04. The summed E-state index contributed by atoms with van der Waals surface area (Å²) in [6, 6.07) is 0.751. The Bertz CT molecular complexity index is 292. The van der Waals surface area contributed by atoms with Gasteiger partial charge in [-0.2, -0.15) is 0 Å². The van der Waals surface area contributed by atoms with Crippen LogP contribution >= 0.6 is 0 Å². The molecule has 116 valence electrons. The summed E-state index contributed by atoms with van der Waals surface area (Å²) in [4.78, 5) is 0. The molecule has 3 fully saturated rings. The Hall–Kier alpha value is -0.0800. The molecule has 0 aromatic heterocycles. The van der Waals surface area contributed by atoms with Crippen LogP contribution < -0.4 is 5.32 Å². The standard InChI is InChI=1S/C18H33NO/c1-2-20-17-14-16(18(17)11-6-3-7-12-18)19-13-10-15-8-4-5-9-15/h15-17,19H,2-14H2,1H3. The fraction of sp³-hybridized carbons (Fsp3) is 1.00. The largest absolute Gasteiger partial charge is 0.378 e. The Morgan fingerprint density at radius 1 is 1.05 bits per heavy atom. The van der Waals surface area contributed by atoms with Crippen molar-refractivity contribution >= 4 is 0 Å². The molecule has 0 radical (unpaired) electrons. The maximum Gasteiger partial charge on any atom is 0.0661 e. The van der Waals surface area contributed by atoms with E-state index in [4.69, 9.17) is 4.74 Å². The number of nitrogens with one attached hydrogen (secondary N) is 1. The van der Waals surface area contributed by atoms with Crippen molar-refractivity contribution in [1.82, 2.24) is 5.32 Å². The second kappa shape index (κ2) is 6.79. The van der Waals surface area contributed by atoms with Crippen LogP contribution in [0.25, 0.3) is 0 Å². The number of hydrogen-bond donors (Lipinski definition) is 1. The van der Waals surface area contributed by atoms with Gasteiger partial charge in [-0.3, -0.25) is 0 Å². The Kier molecular flexibility index (Phi) is 5.04. The van der Waals surface area contributed by atoms with Gasteiger partial charge >= 0.3 is 0 Å². The number of ether oxygens (including phenoxy) is 1. The topological polar surface area (TPSA) is 21.3 Å². The second-order valence-electron chi connectivity index (χ2n) is 7.42. The molecule has 0 aromatic rings. The summed E-state index contributed by atoms with van der Waals surface area (Å²) < 4.78 is 6.04. The highest BCUT2D eigenvalue weighted by atomic mass is 16.5. The van der Waals surface area contributed by atoms with Crippen molar-refractivity contribution in [3.05, 3.63) is 0 Å². The monoisotopic (exact) mass is 279 g/mol. The van der Waals surface area contributed by atoms with Crippen LogP contribution in [-0.4, -0.2) is 25.3 Å². The lowest BCUT2D eigenvalue weighted by molar-refractivity contribution is -0.150. The third kappa shape index (κ3) is 2.92. The molecule has 2 heteroatoms. The summed E-state index contributed by atoms with van der Waals surface area (Å²) in [5, 5.41) is 3.91. The average Bonchev–Trinajstić information content (AvgIpc) is 3.00. The van der Waals surface area contributed by atoms with E-state index in [0.29, 0.717) is 11.5 Å². The number of rotatable bonds is 6. The van der Waals surface area contributed by atoms with Crippen LogP contribution in [0.4, 0.5) is 0 Å². The van der Waals surface area contributed by atoms with Crippen molar-refractivity contribution in [2.45, 2.75) is 89.7 Å². The molecule has 1 spiro atoms. The van der Waals surface area contributed by atoms with Crippen molar-refractivity contribution in [2.75, 3.05) is 13.2 Å². The van der Waals surface area contributed by atoms with E-state index in [0.717, 1.165) is 18.6 Å². The first-order valence-corrected chi connectivity index (χ1v) is 9.20. The van der Waals surface area contributed by atoms with E-state index in [1.54, 1.807) is 0 Å². The van der Waals surface area contributed by atoms with Crippen LogP contribution in [0.2, 0.25) is 0 Å². The first-order valence-electron chi connectivity index (χ1n) is 9.20. The predicted octanol–water partition coefficient (Wildman–Crippen LogP) is 4.28. The van der Waals surface area contributed by atoms with Gasteiger partial charge < -0.3 is 10.1 Å². The summed E-state index contributed by atoms with van der Waals surface area (Å²) in [6.45, 7) is 4.29. The third-order valence-corrected chi connectivity index (χ3v) is 6.36. The van der Waals surface area contributed by atoms with Crippen molar-refractivity contribution in [1.29, 1.82) is 0 Å². The molecule has 0 aliphatic heterocycles. The second-order valence-corrected chi connectivity index (χ2v) is 7.42. The Morgan fingerprint density at radius 3 is 2.50 bits per heavy atom. The van der Waals surface area contributed by atoms with Crippen LogP contribution in [-0.2, 0) is 4.74 Å². The fourth-order valence-electron chi connectivity index (χ4n) is 5.11. The minimum atomic E-state index is 0.504. The van der Waals surface area contributed by atoms with Gasteiger partial charge in [-0.05, 0) is 45.1 Å². The van der Waals surface area contributed by atoms with E-state index in [9.17, 15) is 0 Å². The van der Waals surface area contributed by atoms with E-state index in [1.165, 1.54) is 77.2 Å². The lowest BCUT2D eigenvalue weighted by atomic mass is 9.55. The van der Waals surface area contributed by atoms with E-state index < -0.39 is 0 Å². The zero-order valence-electron chi connectivity index (χ0n) is 13.3. The molecule has 3 rings (SSSR count). The first kappa shape index (κ1) is 14.8. The van der Waals surface area contributed by atoms with Crippen LogP contribution in [0, 0.1) is 11.3 Å². The van der Waals surface area contributed by atoms with E-state index in [1.807, 2.05) is 0 Å². The summed E-state index contributed by atoms with van der Waals surface area (Å²) in [5.41, 5.74) is 0.504. The van der Waals surface area contributed by atoms with Gasteiger partial charge in [0.05, 0.1) is 6.10 Å². The van der Waals surface area contributed by atoms with Gasteiger partial charge in [-0.25, -0.2) is 0 Å². The van der Waals surface area contributed by atoms with Crippen molar-refractivity contribution < 1.29 is 4.74 Å². The molecule has 3 aliphatic rings. The molecule has 20 heavy (non-hydrogen) atoms. The minimum absolute atomic E-state index is 0.504.